The summed E-state index contributed by atoms with van der Waals surface area (Å²) in [6, 6.07) is 3.74. The van der Waals surface area contributed by atoms with E-state index in [4.69, 9.17) is 9.63 Å². The van der Waals surface area contributed by atoms with Crippen LogP contribution >= 0.6 is 0 Å². The van der Waals surface area contributed by atoms with Crippen molar-refractivity contribution < 1.29 is 14.0 Å². The average molecular weight is 223 g/mol. The molecule has 2 aromatic rings. The maximum Gasteiger partial charge on any atom is 0.265 e. The molecule has 0 saturated carbocycles. The number of halogens is 1. The van der Waals surface area contributed by atoms with E-state index >= 15 is 0 Å². The topological polar surface area (TPSA) is 62.4 Å². The van der Waals surface area contributed by atoms with Crippen LogP contribution in [0.1, 0.15) is 0 Å². The summed E-state index contributed by atoms with van der Waals surface area (Å²) >= 11 is 0. The van der Waals surface area contributed by atoms with Gasteiger partial charge in [0.2, 0.25) is 0 Å². The molecular weight excluding hydrogens is 213 g/mol. The summed E-state index contributed by atoms with van der Waals surface area (Å²) < 4.78 is 18.4. The number of phenols is 1. The van der Waals surface area contributed by atoms with Gasteiger partial charge in [-0.25, -0.2) is 4.39 Å². The molecule has 0 spiro atoms. The third kappa shape index (κ3) is 1.81. The van der Waals surface area contributed by atoms with Crippen molar-refractivity contribution in [1.29, 1.82) is 0 Å². The lowest BCUT2D eigenvalue weighted by atomic mass is 10.2. The van der Waals surface area contributed by atoms with Crippen molar-refractivity contribution in [2.75, 3.05) is 19.0 Å². The van der Waals surface area contributed by atoms with E-state index < -0.39 is 5.82 Å². The fourth-order valence-corrected chi connectivity index (χ4v) is 1.18. The monoisotopic (exact) mass is 223 g/mol. The summed E-state index contributed by atoms with van der Waals surface area (Å²) in [5.41, 5.74) is 0.165. The number of nitrogens with zero attached hydrogens (tertiary/aromatic N) is 3. The lowest BCUT2D eigenvalue weighted by Gasteiger charge is -2.02. The van der Waals surface area contributed by atoms with Crippen LogP contribution in [-0.2, 0) is 0 Å². The third-order valence-corrected chi connectivity index (χ3v) is 2.00. The molecule has 16 heavy (non-hydrogen) atoms. The lowest BCUT2D eigenvalue weighted by Crippen LogP contribution is -2.10. The first-order chi connectivity index (χ1) is 7.58. The van der Waals surface area contributed by atoms with E-state index in [9.17, 15) is 4.39 Å². The van der Waals surface area contributed by atoms with Gasteiger partial charge < -0.3 is 14.5 Å². The molecule has 5 nitrogen and oxygen atoms in total. The highest BCUT2D eigenvalue weighted by Crippen LogP contribution is 2.25. The highest BCUT2D eigenvalue weighted by Gasteiger charge is 2.14. The second kappa shape index (κ2) is 3.80. The largest absolute Gasteiger partial charge is 0.508 e. The van der Waals surface area contributed by atoms with E-state index in [1.807, 2.05) is 0 Å². The molecule has 6 heteroatoms. The van der Waals surface area contributed by atoms with Gasteiger partial charge in [0.25, 0.3) is 11.8 Å². The second-order valence-electron chi connectivity index (χ2n) is 3.46. The van der Waals surface area contributed by atoms with E-state index in [0.29, 0.717) is 5.95 Å². The minimum absolute atomic E-state index is 0.0844. The van der Waals surface area contributed by atoms with Gasteiger partial charge in [-0.2, -0.15) is 4.98 Å². The molecule has 1 aromatic heterocycles. The predicted octanol–water partition coefficient (Wildman–Crippen LogP) is 1.65. The summed E-state index contributed by atoms with van der Waals surface area (Å²) in [5, 5.41) is 12.7. The van der Waals surface area contributed by atoms with Crippen molar-refractivity contribution in [1.82, 2.24) is 10.1 Å². The van der Waals surface area contributed by atoms with Crippen LogP contribution in [0.15, 0.2) is 22.7 Å². The SMILES string of the molecule is CN(C)c1noc(-c2ccc(O)cc2F)n1. The summed E-state index contributed by atoms with van der Waals surface area (Å²) in [5.74, 6) is -0.300. The van der Waals surface area contributed by atoms with Gasteiger partial charge in [-0.05, 0) is 17.3 Å². The first-order valence-corrected chi connectivity index (χ1v) is 4.58. The molecule has 0 aliphatic carbocycles. The number of anilines is 1. The molecule has 0 saturated heterocycles. The van der Waals surface area contributed by atoms with E-state index in [2.05, 4.69) is 10.1 Å². The Bertz CT molecular complexity index is 511. The Hall–Kier alpha value is -2.11. The first-order valence-electron chi connectivity index (χ1n) is 4.58. The van der Waals surface area contributed by atoms with Gasteiger partial charge in [-0.3, -0.25) is 0 Å². The Morgan fingerprint density at radius 2 is 2.12 bits per heavy atom. The van der Waals surface area contributed by atoms with Crippen molar-refractivity contribution in [3.63, 3.8) is 0 Å². The lowest BCUT2D eigenvalue weighted by molar-refractivity contribution is 0.427. The summed E-state index contributed by atoms with van der Waals surface area (Å²) in [7, 11) is 3.50. The van der Waals surface area contributed by atoms with Crippen LogP contribution in [0.4, 0.5) is 10.3 Å². The Morgan fingerprint density at radius 1 is 1.38 bits per heavy atom. The molecular formula is C10H10FN3O2. The standard InChI is InChI=1S/C10H10FN3O2/c1-14(2)10-12-9(16-13-10)7-4-3-6(15)5-8(7)11/h3-5,15H,1-2H3. The van der Waals surface area contributed by atoms with E-state index in [1.165, 1.54) is 12.1 Å². The smallest absolute Gasteiger partial charge is 0.265 e. The first kappa shape index (κ1) is 10.4. The molecule has 0 amide bonds. The number of rotatable bonds is 2. The molecule has 84 valence electrons. The van der Waals surface area contributed by atoms with Gasteiger partial charge in [0.05, 0.1) is 5.56 Å². The third-order valence-electron chi connectivity index (χ3n) is 2.00. The maximum atomic E-state index is 13.4. The Kier molecular flexibility index (Phi) is 2.47. The Morgan fingerprint density at radius 3 is 2.69 bits per heavy atom. The number of hydrogen-bond donors (Lipinski definition) is 1. The van der Waals surface area contributed by atoms with Crippen LogP contribution in [-0.4, -0.2) is 29.3 Å². The van der Waals surface area contributed by atoms with E-state index in [-0.39, 0.29) is 17.2 Å². The zero-order chi connectivity index (χ0) is 11.7. The van der Waals surface area contributed by atoms with Gasteiger partial charge in [0.1, 0.15) is 11.6 Å². The number of aromatic hydroxyl groups is 1. The number of aromatic nitrogens is 2. The van der Waals surface area contributed by atoms with Crippen LogP contribution in [0, 0.1) is 5.82 Å². The number of hydrogen-bond acceptors (Lipinski definition) is 5. The van der Waals surface area contributed by atoms with Gasteiger partial charge in [0, 0.05) is 20.2 Å². The Labute approximate surface area is 91.1 Å². The van der Waals surface area contributed by atoms with Crippen molar-refractivity contribution in [2.24, 2.45) is 0 Å². The predicted molar refractivity (Wildman–Crippen MR) is 55.7 cm³/mol. The van der Waals surface area contributed by atoms with Gasteiger partial charge in [-0.1, -0.05) is 0 Å². The molecule has 1 heterocycles. The second-order valence-corrected chi connectivity index (χ2v) is 3.46. The van der Waals surface area contributed by atoms with Crippen LogP contribution in [0.2, 0.25) is 0 Å². The highest BCUT2D eigenvalue weighted by molar-refractivity contribution is 5.56. The van der Waals surface area contributed by atoms with Crippen molar-refractivity contribution in [3.05, 3.63) is 24.0 Å². The quantitative estimate of drug-likeness (QED) is 0.838. The number of benzene rings is 1. The minimum atomic E-state index is -0.603. The van der Waals surface area contributed by atoms with Crippen LogP contribution in [0.25, 0.3) is 11.5 Å². The molecule has 0 bridgehead atoms. The van der Waals surface area contributed by atoms with Crippen molar-refractivity contribution in [2.45, 2.75) is 0 Å². The zero-order valence-corrected chi connectivity index (χ0v) is 8.81. The van der Waals surface area contributed by atoms with Crippen molar-refractivity contribution >= 4 is 5.95 Å². The molecule has 0 atom stereocenters. The molecule has 1 aromatic carbocycles. The van der Waals surface area contributed by atoms with E-state index in [1.54, 1.807) is 19.0 Å². The molecule has 2 rings (SSSR count). The molecule has 0 aliphatic heterocycles. The highest BCUT2D eigenvalue weighted by atomic mass is 19.1. The minimum Gasteiger partial charge on any atom is -0.508 e. The van der Waals surface area contributed by atoms with Crippen LogP contribution in [0.5, 0.6) is 5.75 Å². The normalized spacial score (nSPS) is 10.4. The van der Waals surface area contributed by atoms with Gasteiger partial charge >= 0.3 is 0 Å². The molecule has 1 N–H and O–H groups in total. The van der Waals surface area contributed by atoms with Gasteiger partial charge in [0.15, 0.2) is 0 Å². The maximum absolute atomic E-state index is 13.4. The molecule has 0 unspecified atom stereocenters. The molecule has 0 aliphatic rings. The molecule has 0 radical (unpaired) electrons. The van der Waals surface area contributed by atoms with Crippen molar-refractivity contribution in [3.8, 4) is 17.2 Å². The van der Waals surface area contributed by atoms with Gasteiger partial charge in [-0.15, -0.1) is 0 Å². The number of phenolic OH excluding ortho intramolecular Hbond substituents is 1. The average Bonchev–Trinajstić information content (AvgIpc) is 2.66. The summed E-state index contributed by atoms with van der Waals surface area (Å²) in [4.78, 5) is 5.64. The summed E-state index contributed by atoms with van der Waals surface area (Å²) in [6.45, 7) is 0. The molecule has 0 fully saturated rings. The Balaban J connectivity index is 2.42. The zero-order valence-electron chi connectivity index (χ0n) is 8.81. The van der Waals surface area contributed by atoms with Crippen LogP contribution < -0.4 is 4.90 Å². The van der Waals surface area contributed by atoms with E-state index in [0.717, 1.165) is 6.07 Å². The fraction of sp³-hybridized carbons (Fsp3) is 0.200. The fourth-order valence-electron chi connectivity index (χ4n) is 1.18. The van der Waals surface area contributed by atoms with Crippen LogP contribution in [0.3, 0.4) is 0 Å². The summed E-state index contributed by atoms with van der Waals surface area (Å²) in [6.07, 6.45) is 0.